The molecule has 2 N–H and O–H groups in total. The van der Waals surface area contributed by atoms with Crippen molar-refractivity contribution in [3.63, 3.8) is 0 Å². The summed E-state index contributed by atoms with van der Waals surface area (Å²) in [6, 6.07) is 0. The quantitative estimate of drug-likeness (QED) is 0.641. The zero-order valence-electron chi connectivity index (χ0n) is 5.24. The van der Waals surface area contributed by atoms with Crippen LogP contribution in [0.4, 0.5) is 0 Å². The number of nitrogens with one attached hydrogen (secondary N) is 2. The molecule has 0 atom stereocenters. The number of halogens is 1. The first kappa shape index (κ1) is 6.68. The van der Waals surface area contributed by atoms with Gasteiger partial charge in [-0.15, -0.1) is 0 Å². The summed E-state index contributed by atoms with van der Waals surface area (Å²) in [5.74, 6) is 0. The first-order valence-electron chi connectivity index (χ1n) is 2.81. The van der Waals surface area contributed by atoms with Crippen LogP contribution in [-0.2, 0) is 0 Å². The molecule has 0 unspecified atom stereocenters. The van der Waals surface area contributed by atoms with Gasteiger partial charge in [0.1, 0.15) is 0 Å². The van der Waals surface area contributed by atoms with Gasteiger partial charge in [-0.2, -0.15) is 0 Å². The normalized spacial score (nSPS) is 17.6. The molecule has 0 spiro atoms. The van der Waals surface area contributed by atoms with Crippen molar-refractivity contribution in [3.8, 4) is 0 Å². The lowest BCUT2D eigenvalue weighted by molar-refractivity contribution is 0.903. The molecule has 50 valence electrons. The van der Waals surface area contributed by atoms with Crippen molar-refractivity contribution in [2.75, 3.05) is 13.6 Å². The molecule has 1 aliphatic rings. The Balaban J connectivity index is 2.72. The molecular formula is C6H9BrN2. The first-order valence-corrected chi connectivity index (χ1v) is 3.60. The van der Waals surface area contributed by atoms with Crippen LogP contribution in [-0.4, -0.2) is 13.6 Å². The predicted octanol–water partition coefficient (Wildman–Crippen LogP) is 0.929. The first-order chi connectivity index (χ1) is 4.34. The lowest BCUT2D eigenvalue weighted by Gasteiger charge is -2.10. The second kappa shape index (κ2) is 2.92. The summed E-state index contributed by atoms with van der Waals surface area (Å²) in [5, 5.41) is 6.13. The van der Waals surface area contributed by atoms with Crippen LogP contribution in [0.5, 0.6) is 0 Å². The number of rotatable bonds is 1. The van der Waals surface area contributed by atoms with Gasteiger partial charge in [-0.05, 0) is 12.3 Å². The standard InChI is InChI=1S/C6H9BrN2/c1-8-6-2-3-9-4-5(6)7/h2-3,8-9H,4H2,1H3. The van der Waals surface area contributed by atoms with E-state index in [2.05, 4.69) is 26.6 Å². The second-order valence-electron chi connectivity index (χ2n) is 1.78. The van der Waals surface area contributed by atoms with E-state index in [9.17, 15) is 0 Å². The van der Waals surface area contributed by atoms with Crippen LogP contribution in [0.15, 0.2) is 22.5 Å². The fraction of sp³-hybridized carbons (Fsp3) is 0.333. The molecule has 0 aliphatic carbocycles. The Kier molecular flexibility index (Phi) is 2.16. The fourth-order valence-corrected chi connectivity index (χ4v) is 1.19. The average Bonchev–Trinajstić information content (AvgIpc) is 1.89. The molecule has 1 aliphatic heterocycles. The number of dihydropyridines is 1. The molecule has 0 saturated heterocycles. The highest BCUT2D eigenvalue weighted by Gasteiger charge is 2.00. The van der Waals surface area contributed by atoms with Gasteiger partial charge >= 0.3 is 0 Å². The SMILES string of the molecule is CNC1=C(Br)CNC=C1. The Morgan fingerprint density at radius 2 is 2.56 bits per heavy atom. The van der Waals surface area contributed by atoms with Crippen LogP contribution in [0.2, 0.25) is 0 Å². The Labute approximate surface area is 63.1 Å². The van der Waals surface area contributed by atoms with Crippen molar-refractivity contribution in [1.29, 1.82) is 0 Å². The van der Waals surface area contributed by atoms with Gasteiger partial charge in [0.05, 0.1) is 0 Å². The number of hydrogen-bond acceptors (Lipinski definition) is 2. The zero-order valence-corrected chi connectivity index (χ0v) is 6.83. The van der Waals surface area contributed by atoms with E-state index in [-0.39, 0.29) is 0 Å². The van der Waals surface area contributed by atoms with Crippen molar-refractivity contribution in [1.82, 2.24) is 10.6 Å². The van der Waals surface area contributed by atoms with Gasteiger partial charge in [0.25, 0.3) is 0 Å². The third-order valence-corrected chi connectivity index (χ3v) is 1.89. The van der Waals surface area contributed by atoms with E-state index >= 15 is 0 Å². The van der Waals surface area contributed by atoms with Gasteiger partial charge in [0.2, 0.25) is 0 Å². The molecule has 3 heteroatoms. The van der Waals surface area contributed by atoms with Crippen LogP contribution in [0, 0.1) is 0 Å². The van der Waals surface area contributed by atoms with Crippen LogP contribution in [0.1, 0.15) is 0 Å². The molecule has 0 aromatic carbocycles. The fourth-order valence-electron chi connectivity index (χ4n) is 0.695. The van der Waals surface area contributed by atoms with Crippen molar-refractivity contribution < 1.29 is 0 Å². The van der Waals surface area contributed by atoms with Gasteiger partial charge in [-0.3, -0.25) is 0 Å². The van der Waals surface area contributed by atoms with Crippen LogP contribution in [0.25, 0.3) is 0 Å². The van der Waals surface area contributed by atoms with E-state index in [4.69, 9.17) is 0 Å². The van der Waals surface area contributed by atoms with Gasteiger partial charge in [-0.1, -0.05) is 15.9 Å². The molecule has 0 bridgehead atoms. The summed E-state index contributed by atoms with van der Waals surface area (Å²) in [4.78, 5) is 0. The van der Waals surface area contributed by atoms with Gasteiger partial charge < -0.3 is 10.6 Å². The van der Waals surface area contributed by atoms with Crippen LogP contribution >= 0.6 is 15.9 Å². The summed E-state index contributed by atoms with van der Waals surface area (Å²) in [6.07, 6.45) is 3.92. The van der Waals surface area contributed by atoms with E-state index < -0.39 is 0 Å². The molecule has 9 heavy (non-hydrogen) atoms. The topological polar surface area (TPSA) is 24.1 Å². The van der Waals surface area contributed by atoms with E-state index in [0.717, 1.165) is 12.2 Å². The molecule has 0 fully saturated rings. The smallest absolute Gasteiger partial charge is 0.0481 e. The van der Waals surface area contributed by atoms with E-state index in [1.54, 1.807) is 0 Å². The Morgan fingerprint density at radius 3 is 3.00 bits per heavy atom. The lowest BCUT2D eigenvalue weighted by atomic mass is 10.3. The summed E-state index contributed by atoms with van der Waals surface area (Å²) in [6.45, 7) is 0.882. The maximum Gasteiger partial charge on any atom is 0.0481 e. The minimum atomic E-state index is 0.882. The minimum absolute atomic E-state index is 0.882. The summed E-state index contributed by atoms with van der Waals surface area (Å²) < 4.78 is 1.17. The number of likely N-dealkylation sites (N-methyl/N-ethyl adjacent to an activating group) is 1. The van der Waals surface area contributed by atoms with Crippen LogP contribution < -0.4 is 10.6 Å². The van der Waals surface area contributed by atoms with E-state index in [0.29, 0.717) is 0 Å². The molecule has 1 heterocycles. The summed E-state index contributed by atoms with van der Waals surface area (Å²) >= 11 is 3.42. The van der Waals surface area contributed by atoms with Crippen molar-refractivity contribution in [2.45, 2.75) is 0 Å². The van der Waals surface area contributed by atoms with Crippen molar-refractivity contribution in [3.05, 3.63) is 22.5 Å². The minimum Gasteiger partial charge on any atom is -0.387 e. The molecule has 0 aromatic heterocycles. The van der Waals surface area contributed by atoms with Gasteiger partial charge in [-0.25, -0.2) is 0 Å². The van der Waals surface area contributed by atoms with Gasteiger partial charge in [0.15, 0.2) is 0 Å². The van der Waals surface area contributed by atoms with Crippen LogP contribution in [0.3, 0.4) is 0 Å². The Hall–Kier alpha value is -0.440. The van der Waals surface area contributed by atoms with E-state index in [1.807, 2.05) is 19.3 Å². The number of hydrogen-bond donors (Lipinski definition) is 2. The highest BCUT2D eigenvalue weighted by atomic mass is 79.9. The monoisotopic (exact) mass is 188 g/mol. The molecule has 0 saturated carbocycles. The predicted molar refractivity (Wildman–Crippen MR) is 42.2 cm³/mol. The molecule has 1 rings (SSSR count). The van der Waals surface area contributed by atoms with E-state index in [1.165, 1.54) is 4.48 Å². The highest BCUT2D eigenvalue weighted by molar-refractivity contribution is 9.11. The Morgan fingerprint density at radius 1 is 1.78 bits per heavy atom. The highest BCUT2D eigenvalue weighted by Crippen LogP contribution is 2.11. The molecule has 0 amide bonds. The molecule has 0 aromatic rings. The maximum atomic E-state index is 3.42. The summed E-state index contributed by atoms with van der Waals surface area (Å²) in [7, 11) is 1.91. The largest absolute Gasteiger partial charge is 0.387 e. The second-order valence-corrected chi connectivity index (χ2v) is 2.74. The van der Waals surface area contributed by atoms with Gasteiger partial charge in [0, 0.05) is 23.8 Å². The molecular weight excluding hydrogens is 180 g/mol. The maximum absolute atomic E-state index is 3.42. The number of allylic oxidation sites excluding steroid dienone is 1. The lowest BCUT2D eigenvalue weighted by Crippen LogP contribution is -2.17. The zero-order chi connectivity index (χ0) is 6.69. The third-order valence-electron chi connectivity index (χ3n) is 1.19. The average molecular weight is 189 g/mol. The van der Waals surface area contributed by atoms with Crippen molar-refractivity contribution >= 4 is 15.9 Å². The Bertz CT molecular complexity index is 160. The summed E-state index contributed by atoms with van der Waals surface area (Å²) in [5.41, 5.74) is 1.15. The van der Waals surface area contributed by atoms with Crippen molar-refractivity contribution in [2.24, 2.45) is 0 Å². The molecule has 2 nitrogen and oxygen atoms in total. The third kappa shape index (κ3) is 1.48. The molecule has 0 radical (unpaired) electrons.